The second-order valence-corrected chi connectivity index (χ2v) is 7.05. The van der Waals surface area contributed by atoms with Crippen LogP contribution in [0.1, 0.15) is 31.2 Å². The Morgan fingerprint density at radius 1 is 0.960 bits per heavy atom. The monoisotopic (exact) mass is 357 g/mol. The molecule has 2 aromatic rings. The smallest absolute Gasteiger partial charge is 0.235 e. The molecule has 2 aliphatic rings. The van der Waals surface area contributed by atoms with E-state index < -0.39 is 5.41 Å². The Morgan fingerprint density at radius 2 is 1.68 bits per heavy atom. The number of anilines is 1. The summed E-state index contributed by atoms with van der Waals surface area (Å²) in [5.41, 5.74) is 1.29. The molecular formula is C20H20ClNO3. The van der Waals surface area contributed by atoms with E-state index in [-0.39, 0.29) is 5.91 Å². The van der Waals surface area contributed by atoms with Crippen LogP contribution in [0.15, 0.2) is 42.5 Å². The summed E-state index contributed by atoms with van der Waals surface area (Å²) in [6, 6.07) is 13.2. The molecule has 1 aliphatic carbocycles. The lowest BCUT2D eigenvalue weighted by Crippen LogP contribution is -2.45. The largest absolute Gasteiger partial charge is 0.490 e. The van der Waals surface area contributed by atoms with Crippen molar-refractivity contribution in [3.8, 4) is 11.5 Å². The molecule has 0 spiro atoms. The first kappa shape index (κ1) is 16.3. The second-order valence-electron chi connectivity index (χ2n) is 6.61. The quantitative estimate of drug-likeness (QED) is 0.875. The maximum Gasteiger partial charge on any atom is 0.235 e. The first-order valence-electron chi connectivity index (χ1n) is 8.65. The Kier molecular flexibility index (Phi) is 4.30. The Bertz CT molecular complexity index is 784. The molecule has 4 rings (SSSR count). The van der Waals surface area contributed by atoms with E-state index in [9.17, 15) is 4.79 Å². The van der Waals surface area contributed by atoms with Crippen molar-refractivity contribution in [1.29, 1.82) is 0 Å². The molecule has 0 bridgehead atoms. The molecule has 0 saturated heterocycles. The number of fused-ring (bicyclic) bond motifs is 1. The van der Waals surface area contributed by atoms with Crippen molar-refractivity contribution in [2.75, 3.05) is 18.5 Å². The third-order valence-corrected chi connectivity index (χ3v) is 5.30. The fourth-order valence-electron chi connectivity index (χ4n) is 3.44. The lowest BCUT2D eigenvalue weighted by atomic mass is 9.64. The minimum atomic E-state index is -0.464. The van der Waals surface area contributed by atoms with Crippen molar-refractivity contribution < 1.29 is 14.3 Å². The van der Waals surface area contributed by atoms with Gasteiger partial charge in [-0.15, -0.1) is 0 Å². The van der Waals surface area contributed by atoms with Crippen molar-refractivity contribution in [3.63, 3.8) is 0 Å². The van der Waals surface area contributed by atoms with E-state index in [0.717, 1.165) is 42.7 Å². The number of carbonyl (C=O) groups is 1. The van der Waals surface area contributed by atoms with Crippen LogP contribution >= 0.6 is 11.6 Å². The van der Waals surface area contributed by atoms with Crippen molar-refractivity contribution in [3.05, 3.63) is 53.1 Å². The lowest BCUT2D eigenvalue weighted by Gasteiger charge is -2.40. The molecule has 1 aliphatic heterocycles. The number of halogens is 1. The third kappa shape index (κ3) is 3.07. The Hall–Kier alpha value is -2.20. The van der Waals surface area contributed by atoms with E-state index >= 15 is 0 Å². The zero-order chi connectivity index (χ0) is 17.3. The Balaban J connectivity index is 1.56. The van der Waals surface area contributed by atoms with Crippen LogP contribution in [0.3, 0.4) is 0 Å². The van der Waals surface area contributed by atoms with Gasteiger partial charge >= 0.3 is 0 Å². The van der Waals surface area contributed by atoms with Crippen LogP contribution in [0.4, 0.5) is 5.69 Å². The van der Waals surface area contributed by atoms with Gasteiger partial charge in [-0.2, -0.15) is 0 Å². The van der Waals surface area contributed by atoms with Gasteiger partial charge < -0.3 is 14.8 Å². The zero-order valence-electron chi connectivity index (χ0n) is 13.9. The highest BCUT2D eigenvalue weighted by Gasteiger charge is 2.45. The maximum absolute atomic E-state index is 13.0. The predicted octanol–water partition coefficient (Wildman–Crippen LogP) is 4.56. The summed E-state index contributed by atoms with van der Waals surface area (Å²) in [5, 5.41) is 3.74. The summed E-state index contributed by atoms with van der Waals surface area (Å²) in [6.07, 6.45) is 3.61. The van der Waals surface area contributed by atoms with E-state index in [4.69, 9.17) is 21.1 Å². The van der Waals surface area contributed by atoms with Gasteiger partial charge in [-0.1, -0.05) is 30.2 Å². The molecule has 1 saturated carbocycles. The molecular weight excluding hydrogens is 338 g/mol. The van der Waals surface area contributed by atoms with Crippen molar-refractivity contribution in [2.24, 2.45) is 0 Å². The van der Waals surface area contributed by atoms with Crippen LogP contribution in [-0.4, -0.2) is 19.1 Å². The number of hydrogen-bond acceptors (Lipinski definition) is 3. The molecule has 0 radical (unpaired) electrons. The van der Waals surface area contributed by atoms with Gasteiger partial charge in [0.05, 0.1) is 18.6 Å². The van der Waals surface area contributed by atoms with E-state index in [1.54, 1.807) is 0 Å². The van der Waals surface area contributed by atoms with Gasteiger partial charge in [-0.3, -0.25) is 4.79 Å². The van der Waals surface area contributed by atoms with Gasteiger partial charge in [-0.05, 0) is 42.7 Å². The number of carbonyl (C=O) groups excluding carboxylic acids is 1. The fourth-order valence-corrected chi connectivity index (χ4v) is 3.56. The summed E-state index contributed by atoms with van der Waals surface area (Å²) in [4.78, 5) is 13.0. The van der Waals surface area contributed by atoms with E-state index in [1.165, 1.54) is 0 Å². The molecule has 2 aromatic carbocycles. The summed E-state index contributed by atoms with van der Waals surface area (Å²) >= 11 is 5.99. The number of rotatable bonds is 3. The summed E-state index contributed by atoms with van der Waals surface area (Å²) < 4.78 is 11.3. The molecule has 4 nitrogen and oxygen atoms in total. The number of hydrogen-bond donors (Lipinski definition) is 1. The van der Waals surface area contributed by atoms with Crippen LogP contribution in [0.2, 0.25) is 5.02 Å². The number of ether oxygens (including phenoxy) is 2. The van der Waals surface area contributed by atoms with Crippen molar-refractivity contribution >= 4 is 23.2 Å². The number of benzene rings is 2. The zero-order valence-corrected chi connectivity index (χ0v) is 14.6. The Morgan fingerprint density at radius 3 is 2.36 bits per heavy atom. The summed E-state index contributed by atoms with van der Waals surface area (Å²) in [5.74, 6) is 1.44. The average Bonchev–Trinajstić information content (AvgIpc) is 2.80. The molecule has 1 amide bonds. The van der Waals surface area contributed by atoms with Gasteiger partial charge in [0.15, 0.2) is 11.5 Å². The third-order valence-electron chi connectivity index (χ3n) is 5.04. The summed E-state index contributed by atoms with van der Waals surface area (Å²) in [6.45, 7) is 1.28. The molecule has 1 fully saturated rings. The second kappa shape index (κ2) is 6.60. The van der Waals surface area contributed by atoms with E-state index in [0.29, 0.717) is 24.0 Å². The topological polar surface area (TPSA) is 47.6 Å². The first-order valence-corrected chi connectivity index (χ1v) is 9.02. The minimum absolute atomic E-state index is 0.0237. The molecule has 130 valence electrons. The standard InChI is InChI=1S/C20H20ClNO3/c21-15-5-3-14(4-6-15)20(9-1-10-20)19(23)22-16-7-8-17-18(13-16)25-12-2-11-24-17/h3-8,13H,1-2,9-12H2,(H,22,23). The van der Waals surface area contributed by atoms with Crippen LogP contribution in [0.5, 0.6) is 11.5 Å². The van der Waals surface area contributed by atoms with Gasteiger partial charge in [0.25, 0.3) is 0 Å². The van der Waals surface area contributed by atoms with Gasteiger partial charge in [0, 0.05) is 23.2 Å². The molecule has 5 heteroatoms. The minimum Gasteiger partial charge on any atom is -0.490 e. The molecule has 0 atom stereocenters. The fraction of sp³-hybridized carbons (Fsp3) is 0.350. The highest BCUT2D eigenvalue weighted by atomic mass is 35.5. The molecule has 0 aromatic heterocycles. The molecule has 1 heterocycles. The first-order chi connectivity index (χ1) is 12.2. The van der Waals surface area contributed by atoms with Crippen LogP contribution in [-0.2, 0) is 10.2 Å². The summed E-state index contributed by atoms with van der Waals surface area (Å²) in [7, 11) is 0. The highest BCUT2D eigenvalue weighted by molar-refractivity contribution is 6.30. The van der Waals surface area contributed by atoms with Gasteiger partial charge in [0.2, 0.25) is 5.91 Å². The van der Waals surface area contributed by atoms with Gasteiger partial charge in [-0.25, -0.2) is 0 Å². The average molecular weight is 358 g/mol. The lowest BCUT2D eigenvalue weighted by molar-refractivity contribution is -0.124. The van der Waals surface area contributed by atoms with Crippen molar-refractivity contribution in [2.45, 2.75) is 31.1 Å². The number of nitrogens with one attached hydrogen (secondary N) is 1. The van der Waals surface area contributed by atoms with Gasteiger partial charge in [0.1, 0.15) is 0 Å². The number of amides is 1. The molecule has 1 N–H and O–H groups in total. The van der Waals surface area contributed by atoms with Crippen LogP contribution in [0.25, 0.3) is 0 Å². The Labute approximate surface area is 152 Å². The predicted molar refractivity (Wildman–Crippen MR) is 97.7 cm³/mol. The molecule has 25 heavy (non-hydrogen) atoms. The van der Waals surface area contributed by atoms with Crippen LogP contribution in [0, 0.1) is 0 Å². The SMILES string of the molecule is O=C(Nc1ccc2c(c1)OCCCO2)C1(c2ccc(Cl)cc2)CCC1. The van der Waals surface area contributed by atoms with E-state index in [1.807, 2.05) is 42.5 Å². The molecule has 0 unspecified atom stereocenters. The maximum atomic E-state index is 13.0. The highest BCUT2D eigenvalue weighted by Crippen LogP contribution is 2.45. The van der Waals surface area contributed by atoms with Crippen molar-refractivity contribution in [1.82, 2.24) is 0 Å². The van der Waals surface area contributed by atoms with E-state index in [2.05, 4.69) is 5.32 Å². The van der Waals surface area contributed by atoms with Crippen LogP contribution < -0.4 is 14.8 Å². The normalized spacial score (nSPS) is 18.0.